The second-order valence-corrected chi connectivity index (χ2v) is 7.08. The summed E-state index contributed by atoms with van der Waals surface area (Å²) in [7, 11) is 1.62. The number of benzene rings is 1. The molecular formula is C22H31N5O. The molecule has 1 aromatic heterocycles. The Hall–Kier alpha value is -2.60. The van der Waals surface area contributed by atoms with E-state index in [0.717, 1.165) is 50.5 Å². The van der Waals surface area contributed by atoms with Crippen LogP contribution in [0.5, 0.6) is 5.88 Å². The minimum atomic E-state index is 0.457. The van der Waals surface area contributed by atoms with Gasteiger partial charge >= 0.3 is 0 Å². The molecule has 0 atom stereocenters. The molecule has 0 bridgehead atoms. The number of pyridine rings is 1. The van der Waals surface area contributed by atoms with Gasteiger partial charge in [0.15, 0.2) is 5.96 Å². The molecule has 2 heterocycles. The van der Waals surface area contributed by atoms with E-state index in [1.165, 1.54) is 5.56 Å². The average molecular weight is 382 g/mol. The second kappa shape index (κ2) is 10.7. The maximum atomic E-state index is 5.10. The van der Waals surface area contributed by atoms with Gasteiger partial charge in [0.2, 0.25) is 5.88 Å². The molecule has 0 unspecified atom stereocenters. The monoisotopic (exact) mass is 381 g/mol. The molecule has 0 amide bonds. The molecule has 0 aliphatic carbocycles. The highest BCUT2D eigenvalue weighted by Crippen LogP contribution is 2.14. The first-order valence-corrected chi connectivity index (χ1v) is 10.1. The first-order valence-electron chi connectivity index (χ1n) is 10.1. The molecule has 0 radical (unpaired) electrons. The predicted octanol–water partition coefficient (Wildman–Crippen LogP) is 2.81. The molecule has 1 aromatic carbocycles. The zero-order chi connectivity index (χ0) is 19.6. The van der Waals surface area contributed by atoms with E-state index in [0.29, 0.717) is 18.5 Å². The van der Waals surface area contributed by atoms with Gasteiger partial charge in [0.1, 0.15) is 0 Å². The molecule has 1 saturated heterocycles. The normalized spacial score (nSPS) is 16.0. The fourth-order valence-electron chi connectivity index (χ4n) is 3.39. The molecule has 1 aliphatic rings. The van der Waals surface area contributed by atoms with Gasteiger partial charge < -0.3 is 15.4 Å². The summed E-state index contributed by atoms with van der Waals surface area (Å²) in [4.78, 5) is 11.5. The van der Waals surface area contributed by atoms with Crippen LogP contribution in [0.1, 0.15) is 30.9 Å². The van der Waals surface area contributed by atoms with Crippen LogP contribution in [0, 0.1) is 0 Å². The number of aromatic nitrogens is 1. The van der Waals surface area contributed by atoms with Crippen molar-refractivity contribution >= 4 is 5.96 Å². The second-order valence-electron chi connectivity index (χ2n) is 7.08. The third kappa shape index (κ3) is 6.23. The van der Waals surface area contributed by atoms with E-state index in [1.54, 1.807) is 7.11 Å². The molecule has 6 heteroatoms. The van der Waals surface area contributed by atoms with Crippen molar-refractivity contribution in [3.8, 4) is 5.88 Å². The Morgan fingerprint density at radius 3 is 2.57 bits per heavy atom. The number of nitrogens with zero attached hydrogens (tertiary/aromatic N) is 3. The number of hydrogen-bond acceptors (Lipinski definition) is 4. The van der Waals surface area contributed by atoms with Gasteiger partial charge in [-0.25, -0.2) is 9.98 Å². The molecular weight excluding hydrogens is 350 g/mol. The molecule has 6 nitrogen and oxygen atoms in total. The van der Waals surface area contributed by atoms with Crippen molar-refractivity contribution in [3.05, 3.63) is 59.8 Å². The zero-order valence-electron chi connectivity index (χ0n) is 16.9. The number of rotatable bonds is 7. The quantitative estimate of drug-likeness (QED) is 0.570. The molecule has 28 heavy (non-hydrogen) atoms. The zero-order valence-corrected chi connectivity index (χ0v) is 16.9. The van der Waals surface area contributed by atoms with E-state index in [4.69, 9.17) is 9.73 Å². The van der Waals surface area contributed by atoms with Crippen LogP contribution < -0.4 is 15.4 Å². The topological polar surface area (TPSA) is 61.8 Å². The molecule has 2 N–H and O–H groups in total. The summed E-state index contributed by atoms with van der Waals surface area (Å²) in [5.74, 6) is 1.50. The fourth-order valence-corrected chi connectivity index (χ4v) is 3.39. The standard InChI is InChI=1S/C22H31N5O/c1-3-23-22(25-16-19-9-10-21(28-2)24-15-19)26-20-11-13-27(14-12-20)17-18-7-5-4-6-8-18/h4-10,15,20H,3,11-14,16-17H2,1-2H3,(H2,23,25,26). The van der Waals surface area contributed by atoms with E-state index in [9.17, 15) is 0 Å². The van der Waals surface area contributed by atoms with Crippen LogP contribution in [0.25, 0.3) is 0 Å². The highest BCUT2D eigenvalue weighted by atomic mass is 16.5. The van der Waals surface area contributed by atoms with Crippen molar-refractivity contribution in [2.45, 2.75) is 38.9 Å². The lowest BCUT2D eigenvalue weighted by atomic mass is 10.0. The van der Waals surface area contributed by atoms with Gasteiger partial charge in [0, 0.05) is 44.5 Å². The predicted molar refractivity (Wildman–Crippen MR) is 113 cm³/mol. The Morgan fingerprint density at radius 2 is 1.93 bits per heavy atom. The van der Waals surface area contributed by atoms with E-state index in [2.05, 4.69) is 57.8 Å². The Kier molecular flexibility index (Phi) is 7.67. The van der Waals surface area contributed by atoms with Crippen molar-refractivity contribution in [2.24, 2.45) is 4.99 Å². The van der Waals surface area contributed by atoms with Crippen LogP contribution >= 0.6 is 0 Å². The number of ether oxygens (including phenoxy) is 1. The molecule has 0 spiro atoms. The maximum Gasteiger partial charge on any atom is 0.212 e. The Balaban J connectivity index is 1.48. The Labute approximate surface area is 168 Å². The highest BCUT2D eigenvalue weighted by molar-refractivity contribution is 5.80. The van der Waals surface area contributed by atoms with Gasteiger partial charge in [0.25, 0.3) is 0 Å². The van der Waals surface area contributed by atoms with Gasteiger partial charge in [0.05, 0.1) is 13.7 Å². The molecule has 150 valence electrons. The van der Waals surface area contributed by atoms with Gasteiger partial charge in [-0.15, -0.1) is 0 Å². The third-order valence-electron chi connectivity index (χ3n) is 4.95. The summed E-state index contributed by atoms with van der Waals surface area (Å²) in [6.07, 6.45) is 4.07. The lowest BCUT2D eigenvalue weighted by Gasteiger charge is -2.33. The summed E-state index contributed by atoms with van der Waals surface area (Å²) in [5.41, 5.74) is 2.45. The third-order valence-corrected chi connectivity index (χ3v) is 4.95. The van der Waals surface area contributed by atoms with E-state index < -0.39 is 0 Å². The average Bonchev–Trinajstić information content (AvgIpc) is 2.75. The van der Waals surface area contributed by atoms with Crippen molar-refractivity contribution < 1.29 is 4.74 Å². The van der Waals surface area contributed by atoms with Gasteiger partial charge in [-0.3, -0.25) is 4.90 Å². The number of hydrogen-bond donors (Lipinski definition) is 2. The molecule has 0 saturated carbocycles. The van der Waals surface area contributed by atoms with Gasteiger partial charge in [-0.1, -0.05) is 36.4 Å². The summed E-state index contributed by atoms with van der Waals surface area (Å²) < 4.78 is 5.10. The van der Waals surface area contributed by atoms with Gasteiger partial charge in [-0.2, -0.15) is 0 Å². The number of guanidine groups is 1. The van der Waals surface area contributed by atoms with Crippen molar-refractivity contribution in [3.63, 3.8) is 0 Å². The lowest BCUT2D eigenvalue weighted by Crippen LogP contribution is -2.48. The SMILES string of the molecule is CCNC(=NCc1ccc(OC)nc1)NC1CCN(Cc2ccccc2)CC1. The van der Waals surface area contributed by atoms with Gasteiger partial charge in [-0.05, 0) is 30.9 Å². The van der Waals surface area contributed by atoms with E-state index >= 15 is 0 Å². The first kappa shape index (κ1) is 20.1. The fraction of sp³-hybridized carbons (Fsp3) is 0.455. The lowest BCUT2D eigenvalue weighted by molar-refractivity contribution is 0.198. The van der Waals surface area contributed by atoms with E-state index in [1.807, 2.05) is 18.3 Å². The number of aliphatic imine (C=N–C) groups is 1. The maximum absolute atomic E-state index is 5.10. The minimum Gasteiger partial charge on any atom is -0.481 e. The van der Waals surface area contributed by atoms with E-state index in [-0.39, 0.29) is 0 Å². The number of nitrogens with one attached hydrogen (secondary N) is 2. The largest absolute Gasteiger partial charge is 0.481 e. The first-order chi connectivity index (χ1) is 13.8. The number of piperidine rings is 1. The molecule has 2 aromatic rings. The van der Waals surface area contributed by atoms with Crippen LogP contribution in [0.15, 0.2) is 53.7 Å². The molecule has 1 fully saturated rings. The number of methoxy groups -OCH3 is 1. The van der Waals surface area contributed by atoms with Crippen LogP contribution in [0.3, 0.4) is 0 Å². The molecule has 1 aliphatic heterocycles. The number of likely N-dealkylation sites (tertiary alicyclic amines) is 1. The Morgan fingerprint density at radius 1 is 1.14 bits per heavy atom. The summed E-state index contributed by atoms with van der Waals surface area (Å²) in [5, 5.41) is 6.96. The Bertz CT molecular complexity index is 724. The van der Waals surface area contributed by atoms with Crippen LogP contribution in [0.2, 0.25) is 0 Å². The van der Waals surface area contributed by atoms with Crippen LogP contribution in [-0.4, -0.2) is 48.6 Å². The van der Waals surface area contributed by atoms with Crippen molar-refractivity contribution in [1.82, 2.24) is 20.5 Å². The van der Waals surface area contributed by atoms with Crippen molar-refractivity contribution in [2.75, 3.05) is 26.7 Å². The summed E-state index contributed by atoms with van der Waals surface area (Å²) in [6.45, 7) is 6.78. The molecule has 3 rings (SSSR count). The van der Waals surface area contributed by atoms with Crippen LogP contribution in [0.4, 0.5) is 0 Å². The summed E-state index contributed by atoms with van der Waals surface area (Å²) in [6, 6.07) is 15.0. The smallest absolute Gasteiger partial charge is 0.212 e. The highest BCUT2D eigenvalue weighted by Gasteiger charge is 2.20. The summed E-state index contributed by atoms with van der Waals surface area (Å²) >= 11 is 0. The minimum absolute atomic E-state index is 0.457. The van der Waals surface area contributed by atoms with Crippen LogP contribution in [-0.2, 0) is 13.1 Å². The van der Waals surface area contributed by atoms with Crippen molar-refractivity contribution in [1.29, 1.82) is 0 Å².